The smallest absolute Gasteiger partial charge is 0.294 e. The molecule has 0 spiro atoms. The Hall–Kier alpha value is -0.920. The third-order valence-corrected chi connectivity index (χ3v) is 2.20. The Morgan fingerprint density at radius 3 is 2.77 bits per heavy atom. The van der Waals surface area contributed by atoms with E-state index < -0.39 is 29.5 Å². The molecular weight excluding hydrogens is 182 g/mol. The number of hydrogen-bond acceptors (Lipinski definition) is 6. The summed E-state index contributed by atoms with van der Waals surface area (Å²) < 4.78 is 10.2. The minimum atomic E-state index is -0.871. The van der Waals surface area contributed by atoms with Gasteiger partial charge in [-0.1, -0.05) is 0 Å². The summed E-state index contributed by atoms with van der Waals surface area (Å²) in [5.41, 5.74) is 0. The first-order valence-electron chi connectivity index (χ1n) is 3.91. The monoisotopic (exact) mass is 191 g/mol. The molecule has 7 heteroatoms. The van der Waals surface area contributed by atoms with Crippen molar-refractivity contribution in [1.82, 2.24) is 0 Å². The average molecular weight is 191 g/mol. The van der Waals surface area contributed by atoms with Gasteiger partial charge in [0.25, 0.3) is 5.09 Å². The van der Waals surface area contributed by atoms with Crippen LogP contribution in [-0.4, -0.2) is 47.8 Å². The van der Waals surface area contributed by atoms with Crippen LogP contribution in [0.2, 0.25) is 0 Å². The lowest BCUT2D eigenvalue weighted by Crippen LogP contribution is -2.33. The van der Waals surface area contributed by atoms with E-state index in [0.29, 0.717) is 0 Å². The van der Waals surface area contributed by atoms with Crippen molar-refractivity contribution in [3.8, 4) is 0 Å². The van der Waals surface area contributed by atoms with Crippen LogP contribution in [0, 0.1) is 10.1 Å². The first-order chi connectivity index (χ1) is 6.18. The Balaban J connectivity index is 1.98. The number of rotatable bonds is 2. The molecule has 0 aliphatic carbocycles. The van der Waals surface area contributed by atoms with Gasteiger partial charge < -0.3 is 19.4 Å². The molecular formula is C6H9NO6. The first kappa shape index (κ1) is 8.67. The highest BCUT2D eigenvalue weighted by Gasteiger charge is 2.48. The maximum absolute atomic E-state index is 10.0. The van der Waals surface area contributed by atoms with Gasteiger partial charge in [-0.25, -0.2) is 0 Å². The Labute approximate surface area is 73.3 Å². The van der Waals surface area contributed by atoms with E-state index >= 15 is 0 Å². The van der Waals surface area contributed by atoms with Crippen LogP contribution >= 0.6 is 0 Å². The van der Waals surface area contributed by atoms with Gasteiger partial charge in [0.1, 0.15) is 18.3 Å². The van der Waals surface area contributed by atoms with Crippen molar-refractivity contribution in [3.63, 3.8) is 0 Å². The molecule has 2 heterocycles. The van der Waals surface area contributed by atoms with E-state index in [0.717, 1.165) is 0 Å². The molecule has 1 N–H and O–H groups in total. The molecule has 2 saturated heterocycles. The summed E-state index contributed by atoms with van der Waals surface area (Å²) in [5, 5.41) is 18.4. The quantitative estimate of drug-likeness (QED) is 0.432. The molecule has 2 aliphatic heterocycles. The molecule has 74 valence electrons. The summed E-state index contributed by atoms with van der Waals surface area (Å²) in [7, 11) is 0. The van der Waals surface area contributed by atoms with E-state index in [1.807, 2.05) is 0 Å². The van der Waals surface area contributed by atoms with Gasteiger partial charge in [-0.15, -0.1) is 10.1 Å². The van der Waals surface area contributed by atoms with Crippen LogP contribution in [0.3, 0.4) is 0 Å². The molecule has 0 unspecified atom stereocenters. The summed E-state index contributed by atoms with van der Waals surface area (Å²) >= 11 is 0. The third kappa shape index (κ3) is 1.45. The Morgan fingerprint density at radius 2 is 2.08 bits per heavy atom. The van der Waals surface area contributed by atoms with E-state index in [2.05, 4.69) is 4.84 Å². The van der Waals surface area contributed by atoms with Crippen LogP contribution in [0.5, 0.6) is 0 Å². The zero-order valence-electron chi connectivity index (χ0n) is 6.66. The van der Waals surface area contributed by atoms with Gasteiger partial charge in [-0.3, -0.25) is 0 Å². The number of nitrogens with zero attached hydrogens (tertiary/aromatic N) is 1. The van der Waals surface area contributed by atoms with Gasteiger partial charge in [0.15, 0.2) is 6.10 Å². The summed E-state index contributed by atoms with van der Waals surface area (Å²) in [4.78, 5) is 14.4. The highest BCUT2D eigenvalue weighted by Crippen LogP contribution is 2.28. The fourth-order valence-corrected chi connectivity index (χ4v) is 1.64. The van der Waals surface area contributed by atoms with Gasteiger partial charge in [-0.05, 0) is 0 Å². The topological polar surface area (TPSA) is 91.1 Å². The molecule has 0 aromatic heterocycles. The zero-order chi connectivity index (χ0) is 9.42. The van der Waals surface area contributed by atoms with Crippen molar-refractivity contribution >= 4 is 0 Å². The number of aliphatic hydroxyl groups is 1. The zero-order valence-corrected chi connectivity index (χ0v) is 6.66. The van der Waals surface area contributed by atoms with Crippen LogP contribution in [0.4, 0.5) is 0 Å². The molecule has 7 nitrogen and oxygen atoms in total. The average Bonchev–Trinajstić information content (AvgIpc) is 2.56. The van der Waals surface area contributed by atoms with Crippen LogP contribution in [-0.2, 0) is 14.3 Å². The summed E-state index contributed by atoms with van der Waals surface area (Å²) in [6, 6.07) is 0. The molecule has 0 saturated carbocycles. The molecule has 2 fully saturated rings. The van der Waals surface area contributed by atoms with Crippen molar-refractivity contribution in [2.45, 2.75) is 24.4 Å². The van der Waals surface area contributed by atoms with Crippen molar-refractivity contribution < 1.29 is 24.5 Å². The second-order valence-corrected chi connectivity index (χ2v) is 3.03. The lowest BCUT2D eigenvalue weighted by molar-refractivity contribution is -0.769. The maximum atomic E-state index is 10.0. The number of ether oxygens (including phenoxy) is 2. The molecule has 0 amide bonds. The summed E-state index contributed by atoms with van der Waals surface area (Å²) in [6.45, 7) is 0.236. The predicted molar refractivity (Wildman–Crippen MR) is 37.4 cm³/mol. The van der Waals surface area contributed by atoms with E-state index in [1.54, 1.807) is 0 Å². The fourth-order valence-electron chi connectivity index (χ4n) is 1.64. The molecule has 4 atom stereocenters. The molecule has 0 radical (unpaired) electrons. The van der Waals surface area contributed by atoms with E-state index in [-0.39, 0.29) is 13.2 Å². The van der Waals surface area contributed by atoms with E-state index in [1.165, 1.54) is 0 Å². The minimum Gasteiger partial charge on any atom is -0.388 e. The van der Waals surface area contributed by atoms with Crippen molar-refractivity contribution in [3.05, 3.63) is 10.1 Å². The maximum Gasteiger partial charge on any atom is 0.294 e. The van der Waals surface area contributed by atoms with Gasteiger partial charge in [0, 0.05) is 0 Å². The highest BCUT2D eigenvalue weighted by atomic mass is 17.0. The van der Waals surface area contributed by atoms with Crippen molar-refractivity contribution in [2.24, 2.45) is 0 Å². The minimum absolute atomic E-state index is 0.0906. The predicted octanol–water partition coefficient (Wildman–Crippen LogP) is -1.28. The van der Waals surface area contributed by atoms with Gasteiger partial charge in [0.2, 0.25) is 0 Å². The number of hydrogen-bond donors (Lipinski definition) is 1. The Morgan fingerprint density at radius 1 is 1.38 bits per heavy atom. The molecule has 0 aromatic rings. The molecule has 0 bridgehead atoms. The van der Waals surface area contributed by atoms with Gasteiger partial charge in [-0.2, -0.15) is 0 Å². The van der Waals surface area contributed by atoms with Crippen molar-refractivity contribution in [1.29, 1.82) is 0 Å². The SMILES string of the molecule is O=[N+]([O-])O[C@H]1CO[C@@H]2[C@@H]1OC[C@H]2O. The van der Waals surface area contributed by atoms with E-state index in [9.17, 15) is 15.2 Å². The molecule has 2 aliphatic rings. The molecule has 2 rings (SSSR count). The van der Waals surface area contributed by atoms with E-state index in [4.69, 9.17) is 9.47 Å². The van der Waals surface area contributed by atoms with Crippen LogP contribution in [0.15, 0.2) is 0 Å². The lowest BCUT2D eigenvalue weighted by atomic mass is 10.1. The summed E-state index contributed by atoms with van der Waals surface area (Å²) in [5.74, 6) is 0. The van der Waals surface area contributed by atoms with Crippen LogP contribution < -0.4 is 0 Å². The van der Waals surface area contributed by atoms with Gasteiger partial charge >= 0.3 is 0 Å². The third-order valence-electron chi connectivity index (χ3n) is 2.20. The second-order valence-electron chi connectivity index (χ2n) is 3.03. The first-order valence-corrected chi connectivity index (χ1v) is 3.91. The highest BCUT2D eigenvalue weighted by molar-refractivity contribution is 4.94. The number of aliphatic hydroxyl groups excluding tert-OH is 1. The Kier molecular flexibility index (Phi) is 2.06. The largest absolute Gasteiger partial charge is 0.388 e. The standard InChI is InChI=1S/C6H9NO6/c8-3-1-11-6-4(13-7(9)10)2-12-5(3)6/h3-6,8H,1-2H2/t3-,4+,5+,6-/m1/s1. The summed E-state index contributed by atoms with van der Waals surface area (Å²) in [6.07, 6.45) is -2.41. The van der Waals surface area contributed by atoms with Crippen molar-refractivity contribution in [2.75, 3.05) is 13.2 Å². The normalized spacial score (nSPS) is 43.2. The Bertz CT molecular complexity index is 221. The fraction of sp³-hybridized carbons (Fsp3) is 1.00. The lowest BCUT2D eigenvalue weighted by Gasteiger charge is -2.12. The second kappa shape index (κ2) is 3.09. The molecule has 13 heavy (non-hydrogen) atoms. The van der Waals surface area contributed by atoms with Crippen LogP contribution in [0.25, 0.3) is 0 Å². The van der Waals surface area contributed by atoms with Crippen LogP contribution in [0.1, 0.15) is 0 Å². The molecule has 0 aromatic carbocycles. The van der Waals surface area contributed by atoms with Gasteiger partial charge in [0.05, 0.1) is 13.2 Å². The number of fused-ring (bicyclic) bond motifs is 1.